The number of nitrogens with zero attached hydrogens (tertiary/aromatic N) is 2. The van der Waals surface area contributed by atoms with Gasteiger partial charge in [-0.15, -0.1) is 0 Å². The van der Waals surface area contributed by atoms with Crippen LogP contribution in [-0.2, 0) is 20.8 Å². The average Bonchev–Trinajstić information content (AvgIpc) is 3.20. The molecule has 0 aromatic heterocycles. The van der Waals surface area contributed by atoms with Crippen molar-refractivity contribution in [3.05, 3.63) is 88.4 Å². The van der Waals surface area contributed by atoms with Gasteiger partial charge in [-0.1, -0.05) is 41.9 Å². The fraction of sp³-hybridized carbons (Fsp3) is 0.241. The smallest absolute Gasteiger partial charge is 0.307 e. The average molecular weight is 533 g/mol. The molecule has 0 spiro atoms. The van der Waals surface area contributed by atoms with E-state index >= 15 is 0 Å². The summed E-state index contributed by atoms with van der Waals surface area (Å²) < 4.78 is 0. The van der Waals surface area contributed by atoms with E-state index in [0.29, 0.717) is 39.8 Å². The highest BCUT2D eigenvalue weighted by atomic mass is 35.5. The molecule has 0 saturated heterocycles. The number of hydrogen-bond acceptors (Lipinski definition) is 5. The summed E-state index contributed by atoms with van der Waals surface area (Å²) >= 11 is 6.15. The van der Waals surface area contributed by atoms with E-state index in [2.05, 4.69) is 10.6 Å². The molecule has 1 unspecified atom stereocenters. The third kappa shape index (κ3) is 6.27. The Balaban J connectivity index is 1.72. The van der Waals surface area contributed by atoms with Crippen LogP contribution in [-0.4, -0.2) is 48.7 Å². The molecule has 9 heteroatoms. The molecule has 3 aromatic rings. The van der Waals surface area contributed by atoms with E-state index < -0.39 is 11.9 Å². The Bertz CT molecular complexity index is 1370. The molecule has 2 amide bonds. The fourth-order valence-electron chi connectivity index (χ4n) is 4.50. The molecule has 1 aliphatic rings. The number of benzene rings is 3. The number of halogens is 1. The van der Waals surface area contributed by atoms with Gasteiger partial charge in [-0.25, -0.2) is 0 Å². The number of aliphatic carboxylic acids is 1. The van der Waals surface area contributed by atoms with Crippen molar-refractivity contribution in [2.75, 3.05) is 30.4 Å². The van der Waals surface area contributed by atoms with Gasteiger partial charge in [0.2, 0.25) is 11.8 Å². The maximum absolute atomic E-state index is 13.1. The van der Waals surface area contributed by atoms with Gasteiger partial charge >= 0.3 is 5.97 Å². The van der Waals surface area contributed by atoms with E-state index in [-0.39, 0.29) is 18.2 Å². The van der Waals surface area contributed by atoms with Crippen molar-refractivity contribution in [1.29, 1.82) is 0 Å². The molecule has 3 N–H and O–H groups in total. The molecular formula is C29H29ClN4O4. The predicted molar refractivity (Wildman–Crippen MR) is 150 cm³/mol. The highest BCUT2D eigenvalue weighted by Crippen LogP contribution is 2.38. The van der Waals surface area contributed by atoms with Crippen LogP contribution in [0.15, 0.2) is 71.7 Å². The Morgan fingerprint density at radius 2 is 1.79 bits per heavy atom. The van der Waals surface area contributed by atoms with E-state index in [1.165, 1.54) is 0 Å². The second-order valence-corrected chi connectivity index (χ2v) is 9.50. The summed E-state index contributed by atoms with van der Waals surface area (Å²) in [5.74, 6) is -1.86. The molecule has 8 nitrogen and oxygen atoms in total. The Hall–Kier alpha value is -4.01. The van der Waals surface area contributed by atoms with Crippen LogP contribution in [0, 0.1) is 0 Å². The van der Waals surface area contributed by atoms with Crippen LogP contribution in [0.5, 0.6) is 0 Å². The van der Waals surface area contributed by atoms with Crippen molar-refractivity contribution in [3.63, 3.8) is 0 Å². The summed E-state index contributed by atoms with van der Waals surface area (Å²) in [7, 11) is 1.87. The molecule has 4 rings (SSSR count). The second-order valence-electron chi connectivity index (χ2n) is 9.06. The van der Waals surface area contributed by atoms with Crippen molar-refractivity contribution in [2.24, 2.45) is 4.99 Å². The topological polar surface area (TPSA) is 111 Å². The van der Waals surface area contributed by atoms with Gasteiger partial charge in [0.05, 0.1) is 17.8 Å². The number of fused-ring (bicyclic) bond motifs is 1. The van der Waals surface area contributed by atoms with Crippen molar-refractivity contribution in [2.45, 2.75) is 25.7 Å². The van der Waals surface area contributed by atoms with Crippen molar-refractivity contribution in [3.8, 4) is 0 Å². The van der Waals surface area contributed by atoms with Crippen LogP contribution in [0.25, 0.3) is 0 Å². The summed E-state index contributed by atoms with van der Waals surface area (Å²) in [6, 6.07) is 19.6. The van der Waals surface area contributed by atoms with Crippen molar-refractivity contribution >= 4 is 52.2 Å². The Morgan fingerprint density at radius 1 is 1.08 bits per heavy atom. The molecule has 0 saturated carbocycles. The fourth-order valence-corrected chi connectivity index (χ4v) is 4.67. The first-order valence-corrected chi connectivity index (χ1v) is 12.7. The molecule has 3 aromatic carbocycles. The normalized spacial score (nSPS) is 14.7. The Morgan fingerprint density at radius 3 is 2.42 bits per heavy atom. The summed E-state index contributed by atoms with van der Waals surface area (Å²) in [4.78, 5) is 43.1. The second kappa shape index (κ2) is 12.0. The Kier molecular flexibility index (Phi) is 8.55. The SMILES string of the molecule is CNCCCN(C(C)=O)c1ccc(N=C(c2ccc(CC(=O)O)cc2)C2C(=O)Nc3cc(Cl)ccc32)cc1. The molecule has 0 bridgehead atoms. The number of carboxylic acid groups (broad SMARTS) is 1. The van der Waals surface area contributed by atoms with Crippen molar-refractivity contribution in [1.82, 2.24) is 5.32 Å². The van der Waals surface area contributed by atoms with Gasteiger partial charge in [0.1, 0.15) is 5.92 Å². The maximum Gasteiger partial charge on any atom is 0.307 e. The highest BCUT2D eigenvalue weighted by Gasteiger charge is 2.35. The van der Waals surface area contributed by atoms with E-state index in [4.69, 9.17) is 21.7 Å². The van der Waals surface area contributed by atoms with E-state index in [9.17, 15) is 14.4 Å². The highest BCUT2D eigenvalue weighted by molar-refractivity contribution is 6.31. The van der Waals surface area contributed by atoms with Crippen LogP contribution < -0.4 is 15.5 Å². The monoisotopic (exact) mass is 532 g/mol. The van der Waals surface area contributed by atoms with Gasteiger partial charge in [-0.2, -0.15) is 0 Å². The van der Waals surface area contributed by atoms with Crippen LogP contribution >= 0.6 is 11.6 Å². The lowest BCUT2D eigenvalue weighted by molar-refractivity contribution is -0.136. The summed E-state index contributed by atoms with van der Waals surface area (Å²) in [5, 5.41) is 15.6. The number of carbonyl (C=O) groups is 3. The number of rotatable bonds is 10. The number of nitrogens with one attached hydrogen (secondary N) is 2. The molecule has 196 valence electrons. The van der Waals surface area contributed by atoms with Crippen LogP contribution in [0.2, 0.25) is 5.02 Å². The molecular weight excluding hydrogens is 504 g/mol. The zero-order chi connectivity index (χ0) is 27.2. The van der Waals surface area contributed by atoms with E-state index in [1.807, 2.05) is 37.4 Å². The lowest BCUT2D eigenvalue weighted by atomic mass is 9.90. The number of aliphatic imine (C=N–C) groups is 1. The van der Waals surface area contributed by atoms with Gasteiger partial charge in [0.25, 0.3) is 0 Å². The minimum absolute atomic E-state index is 0.0441. The first kappa shape index (κ1) is 27.0. The lowest BCUT2D eigenvalue weighted by Gasteiger charge is -2.21. The lowest BCUT2D eigenvalue weighted by Crippen LogP contribution is -2.31. The molecule has 0 radical (unpaired) electrons. The minimum Gasteiger partial charge on any atom is -0.481 e. The molecule has 0 fully saturated rings. The zero-order valence-electron chi connectivity index (χ0n) is 21.2. The molecule has 1 aliphatic heterocycles. The van der Waals surface area contributed by atoms with Gasteiger partial charge in [-0.05, 0) is 73.1 Å². The summed E-state index contributed by atoms with van der Waals surface area (Å²) in [6.07, 6.45) is 0.721. The van der Waals surface area contributed by atoms with Gasteiger partial charge in [0.15, 0.2) is 0 Å². The van der Waals surface area contributed by atoms with Gasteiger partial charge in [0, 0.05) is 29.9 Å². The van der Waals surface area contributed by atoms with E-state index in [0.717, 1.165) is 24.2 Å². The number of anilines is 2. The predicted octanol–water partition coefficient (Wildman–Crippen LogP) is 4.79. The molecule has 0 aliphatic carbocycles. The first-order valence-electron chi connectivity index (χ1n) is 12.3. The molecule has 1 atom stereocenters. The molecule has 1 heterocycles. The summed E-state index contributed by atoms with van der Waals surface area (Å²) in [6.45, 7) is 2.94. The van der Waals surface area contributed by atoms with Gasteiger partial charge in [-0.3, -0.25) is 19.4 Å². The van der Waals surface area contributed by atoms with Crippen LogP contribution in [0.4, 0.5) is 17.1 Å². The third-order valence-corrected chi connectivity index (χ3v) is 6.56. The molecule has 38 heavy (non-hydrogen) atoms. The zero-order valence-corrected chi connectivity index (χ0v) is 22.0. The number of amides is 2. The summed E-state index contributed by atoms with van der Waals surface area (Å²) in [5.41, 5.74) is 4.65. The van der Waals surface area contributed by atoms with Crippen LogP contribution in [0.3, 0.4) is 0 Å². The number of hydrogen-bond donors (Lipinski definition) is 3. The maximum atomic E-state index is 13.1. The largest absolute Gasteiger partial charge is 0.481 e. The van der Waals surface area contributed by atoms with Crippen molar-refractivity contribution < 1.29 is 19.5 Å². The number of carbonyl (C=O) groups excluding carboxylic acids is 2. The quantitative estimate of drug-likeness (QED) is 0.257. The number of carboxylic acids is 1. The third-order valence-electron chi connectivity index (χ3n) is 6.32. The standard InChI is InChI=1S/C29H29ClN4O4/c1-18(35)34(15-3-14-31-2)23-11-9-22(10-12-23)32-28(20-6-4-19(5-7-20)16-26(36)37)27-24-13-8-21(30)17-25(24)33-29(27)38/h4-13,17,27,31H,3,14-16H2,1-2H3,(H,33,38)(H,36,37). The van der Waals surface area contributed by atoms with E-state index in [1.54, 1.807) is 48.2 Å². The Labute approximate surface area is 226 Å². The first-order chi connectivity index (χ1) is 18.3. The van der Waals surface area contributed by atoms with Gasteiger partial charge < -0.3 is 20.6 Å². The van der Waals surface area contributed by atoms with Crippen LogP contribution in [0.1, 0.15) is 36.0 Å². The minimum atomic E-state index is -0.918.